The summed E-state index contributed by atoms with van der Waals surface area (Å²) in [7, 11) is 0. The van der Waals surface area contributed by atoms with E-state index in [0.29, 0.717) is 24.8 Å². The molecular weight excluding hydrogens is 240 g/mol. The molecule has 1 aliphatic rings. The highest BCUT2D eigenvalue weighted by Gasteiger charge is 2.49. The summed E-state index contributed by atoms with van der Waals surface area (Å²) in [6.07, 6.45) is 1.69. The van der Waals surface area contributed by atoms with Crippen LogP contribution in [0.4, 0.5) is 8.78 Å². The molecule has 1 fully saturated rings. The van der Waals surface area contributed by atoms with Crippen molar-refractivity contribution >= 4 is 5.91 Å². The van der Waals surface area contributed by atoms with Crippen molar-refractivity contribution in [2.24, 2.45) is 5.41 Å². The van der Waals surface area contributed by atoms with Gasteiger partial charge in [0.05, 0.1) is 12.0 Å². The van der Waals surface area contributed by atoms with Crippen LogP contribution in [0.1, 0.15) is 18.4 Å². The molecule has 0 unspecified atom stereocenters. The standard InChI is InChI=1S/C13H15F2NO2/c14-10-2-1-9(11(15)7-10)3-6-16-12(18)13(8-17)4-5-13/h1-2,7,17H,3-6,8H2,(H,16,18). The third kappa shape index (κ3) is 2.67. The summed E-state index contributed by atoms with van der Waals surface area (Å²) < 4.78 is 26.0. The first-order valence-corrected chi connectivity index (χ1v) is 5.90. The van der Waals surface area contributed by atoms with Crippen molar-refractivity contribution in [3.8, 4) is 0 Å². The van der Waals surface area contributed by atoms with Crippen LogP contribution in [0.2, 0.25) is 0 Å². The highest BCUT2D eigenvalue weighted by molar-refractivity contribution is 5.85. The molecule has 0 atom stereocenters. The zero-order valence-electron chi connectivity index (χ0n) is 9.88. The third-order valence-corrected chi connectivity index (χ3v) is 3.33. The van der Waals surface area contributed by atoms with Gasteiger partial charge < -0.3 is 10.4 Å². The Balaban J connectivity index is 1.83. The number of nitrogens with one attached hydrogen (secondary N) is 1. The van der Waals surface area contributed by atoms with Crippen LogP contribution in [-0.4, -0.2) is 24.2 Å². The molecule has 0 aromatic heterocycles. The lowest BCUT2D eigenvalue weighted by atomic mass is 10.1. The molecule has 0 bridgehead atoms. The van der Waals surface area contributed by atoms with Crippen molar-refractivity contribution in [3.63, 3.8) is 0 Å². The Morgan fingerprint density at radius 2 is 2.11 bits per heavy atom. The number of carbonyl (C=O) groups is 1. The second kappa shape index (κ2) is 5.02. The van der Waals surface area contributed by atoms with Crippen LogP contribution in [-0.2, 0) is 11.2 Å². The van der Waals surface area contributed by atoms with Crippen molar-refractivity contribution in [3.05, 3.63) is 35.4 Å². The predicted molar refractivity (Wildman–Crippen MR) is 61.8 cm³/mol. The van der Waals surface area contributed by atoms with Gasteiger partial charge in [0.15, 0.2) is 0 Å². The first-order valence-electron chi connectivity index (χ1n) is 5.90. The van der Waals surface area contributed by atoms with E-state index in [-0.39, 0.29) is 19.1 Å². The number of amides is 1. The molecule has 5 heteroatoms. The van der Waals surface area contributed by atoms with E-state index in [9.17, 15) is 13.6 Å². The average Bonchev–Trinajstić information content (AvgIpc) is 3.12. The lowest BCUT2D eigenvalue weighted by molar-refractivity contribution is -0.127. The first-order chi connectivity index (χ1) is 8.57. The normalized spacial score (nSPS) is 16.4. The number of aliphatic hydroxyl groups excluding tert-OH is 1. The highest BCUT2D eigenvalue weighted by Crippen LogP contribution is 2.45. The van der Waals surface area contributed by atoms with E-state index in [1.54, 1.807) is 0 Å². The lowest BCUT2D eigenvalue weighted by Gasteiger charge is -2.12. The number of hydrogen-bond acceptors (Lipinski definition) is 2. The molecular formula is C13H15F2NO2. The number of hydrogen-bond donors (Lipinski definition) is 2. The van der Waals surface area contributed by atoms with Crippen LogP contribution in [0.15, 0.2) is 18.2 Å². The van der Waals surface area contributed by atoms with E-state index >= 15 is 0 Å². The molecule has 1 saturated carbocycles. The molecule has 0 aliphatic heterocycles. The van der Waals surface area contributed by atoms with Crippen molar-refractivity contribution in [1.82, 2.24) is 5.32 Å². The molecule has 2 N–H and O–H groups in total. The minimum atomic E-state index is -0.613. The van der Waals surface area contributed by atoms with Crippen molar-refractivity contribution in [2.45, 2.75) is 19.3 Å². The van der Waals surface area contributed by atoms with Crippen molar-refractivity contribution < 1.29 is 18.7 Å². The van der Waals surface area contributed by atoms with Crippen LogP contribution >= 0.6 is 0 Å². The van der Waals surface area contributed by atoms with E-state index in [4.69, 9.17) is 5.11 Å². The smallest absolute Gasteiger partial charge is 0.228 e. The minimum Gasteiger partial charge on any atom is -0.395 e. The molecule has 98 valence electrons. The molecule has 1 aromatic rings. The summed E-state index contributed by atoms with van der Waals surface area (Å²) in [5, 5.41) is 11.7. The monoisotopic (exact) mass is 255 g/mol. The zero-order chi connectivity index (χ0) is 13.2. The molecule has 3 nitrogen and oxygen atoms in total. The molecule has 18 heavy (non-hydrogen) atoms. The Bertz CT molecular complexity index is 458. The van der Waals surface area contributed by atoms with Crippen LogP contribution in [0.25, 0.3) is 0 Å². The molecule has 0 radical (unpaired) electrons. The fraction of sp³-hybridized carbons (Fsp3) is 0.462. The summed E-state index contributed by atoms with van der Waals surface area (Å²) in [5.74, 6) is -1.41. The van der Waals surface area contributed by atoms with Gasteiger partial charge >= 0.3 is 0 Å². The first kappa shape index (κ1) is 13.0. The number of carbonyl (C=O) groups excluding carboxylic acids is 1. The highest BCUT2D eigenvalue weighted by atomic mass is 19.1. The zero-order valence-corrected chi connectivity index (χ0v) is 9.88. The Labute approximate surface area is 104 Å². The summed E-state index contributed by atoms with van der Waals surface area (Å²) in [6, 6.07) is 3.39. The number of halogens is 2. The van der Waals surface area contributed by atoms with Crippen LogP contribution < -0.4 is 5.32 Å². The molecule has 2 rings (SSSR count). The largest absolute Gasteiger partial charge is 0.395 e. The lowest BCUT2D eigenvalue weighted by Crippen LogP contribution is -2.35. The predicted octanol–water partition coefficient (Wildman–Crippen LogP) is 1.40. The SMILES string of the molecule is O=C(NCCc1ccc(F)cc1F)C1(CO)CC1. The molecule has 1 amide bonds. The van der Waals surface area contributed by atoms with Gasteiger partial charge in [0.25, 0.3) is 0 Å². The minimum absolute atomic E-state index is 0.149. The Kier molecular flexibility index (Phi) is 3.61. The Hall–Kier alpha value is -1.49. The molecule has 0 heterocycles. The van der Waals surface area contributed by atoms with Gasteiger partial charge in [-0.05, 0) is 30.9 Å². The second-order valence-electron chi connectivity index (χ2n) is 4.68. The Morgan fingerprint density at radius 1 is 1.39 bits per heavy atom. The maximum absolute atomic E-state index is 13.3. The van der Waals surface area contributed by atoms with E-state index in [1.807, 2.05) is 0 Å². The van der Waals surface area contributed by atoms with Crippen LogP contribution in [0.3, 0.4) is 0 Å². The van der Waals surface area contributed by atoms with E-state index in [0.717, 1.165) is 6.07 Å². The summed E-state index contributed by atoms with van der Waals surface area (Å²) in [5.41, 5.74) is -0.244. The fourth-order valence-corrected chi connectivity index (χ4v) is 1.83. The number of rotatable bonds is 5. The van der Waals surface area contributed by atoms with Gasteiger partial charge in [0.1, 0.15) is 11.6 Å². The van der Waals surface area contributed by atoms with E-state index in [1.165, 1.54) is 12.1 Å². The van der Waals surface area contributed by atoms with Crippen LogP contribution in [0, 0.1) is 17.0 Å². The van der Waals surface area contributed by atoms with Gasteiger partial charge in [-0.1, -0.05) is 6.07 Å². The van der Waals surface area contributed by atoms with E-state index in [2.05, 4.69) is 5.32 Å². The van der Waals surface area contributed by atoms with Crippen LogP contribution in [0.5, 0.6) is 0 Å². The van der Waals surface area contributed by atoms with Crippen molar-refractivity contribution in [1.29, 1.82) is 0 Å². The fourth-order valence-electron chi connectivity index (χ4n) is 1.83. The second-order valence-corrected chi connectivity index (χ2v) is 4.68. The number of benzene rings is 1. The molecule has 1 aromatic carbocycles. The molecule has 0 spiro atoms. The van der Waals surface area contributed by atoms with Crippen molar-refractivity contribution in [2.75, 3.05) is 13.2 Å². The maximum atomic E-state index is 13.3. The quantitative estimate of drug-likeness (QED) is 0.835. The molecule has 1 aliphatic carbocycles. The maximum Gasteiger partial charge on any atom is 0.228 e. The summed E-state index contributed by atoms with van der Waals surface area (Å²) >= 11 is 0. The summed E-state index contributed by atoms with van der Waals surface area (Å²) in [4.78, 5) is 11.7. The van der Waals surface area contributed by atoms with E-state index < -0.39 is 17.0 Å². The average molecular weight is 255 g/mol. The Morgan fingerprint density at radius 3 is 2.67 bits per heavy atom. The number of aliphatic hydroxyl groups is 1. The van der Waals surface area contributed by atoms with Gasteiger partial charge in [-0.25, -0.2) is 8.78 Å². The topological polar surface area (TPSA) is 49.3 Å². The van der Waals surface area contributed by atoms with Gasteiger partial charge in [-0.15, -0.1) is 0 Å². The molecule has 0 saturated heterocycles. The summed E-state index contributed by atoms with van der Waals surface area (Å²) in [6.45, 7) is 0.132. The van der Waals surface area contributed by atoms with Gasteiger partial charge in [0, 0.05) is 12.6 Å². The van der Waals surface area contributed by atoms with Gasteiger partial charge in [0.2, 0.25) is 5.91 Å². The van der Waals surface area contributed by atoms with Gasteiger partial charge in [-0.2, -0.15) is 0 Å². The third-order valence-electron chi connectivity index (χ3n) is 3.33. The van der Waals surface area contributed by atoms with Gasteiger partial charge in [-0.3, -0.25) is 4.79 Å².